The molecular formula is C26H29NO3. The molecule has 4 nitrogen and oxygen atoms in total. The highest BCUT2D eigenvalue weighted by Gasteiger charge is 2.22. The number of amides is 1. The lowest BCUT2D eigenvalue weighted by Gasteiger charge is -2.22. The minimum atomic E-state index is -0.0231. The van der Waals surface area contributed by atoms with E-state index in [1.165, 1.54) is 7.11 Å². The van der Waals surface area contributed by atoms with E-state index in [9.17, 15) is 9.90 Å². The van der Waals surface area contributed by atoms with Crippen LogP contribution in [0.3, 0.4) is 0 Å². The van der Waals surface area contributed by atoms with Crippen LogP contribution < -0.4 is 4.74 Å². The average molecular weight is 404 g/mol. The Balaban J connectivity index is 2.24. The fourth-order valence-corrected chi connectivity index (χ4v) is 3.92. The number of phenolic OH excluding ortho intramolecular Hbond substituents is 1. The molecule has 4 heteroatoms. The molecule has 3 rings (SSSR count). The van der Waals surface area contributed by atoms with Crippen molar-refractivity contribution in [1.29, 1.82) is 0 Å². The molecule has 0 saturated carbocycles. The Bertz CT molecular complexity index is 1070. The van der Waals surface area contributed by atoms with Crippen LogP contribution in [0.15, 0.2) is 60.7 Å². The zero-order valence-electron chi connectivity index (χ0n) is 18.1. The molecule has 0 saturated heterocycles. The number of nitrogens with zero attached hydrogens (tertiary/aromatic N) is 1. The first-order chi connectivity index (χ1) is 14.5. The van der Waals surface area contributed by atoms with Gasteiger partial charge in [0.2, 0.25) is 0 Å². The third-order valence-corrected chi connectivity index (χ3v) is 5.50. The topological polar surface area (TPSA) is 49.8 Å². The van der Waals surface area contributed by atoms with Gasteiger partial charge in [-0.25, -0.2) is 0 Å². The van der Waals surface area contributed by atoms with Gasteiger partial charge in [0.1, 0.15) is 0 Å². The van der Waals surface area contributed by atoms with Crippen LogP contribution in [0.25, 0.3) is 16.3 Å². The second-order valence-electron chi connectivity index (χ2n) is 7.16. The van der Waals surface area contributed by atoms with E-state index in [1.807, 2.05) is 63.2 Å². The molecule has 0 unspecified atom stereocenters. The van der Waals surface area contributed by atoms with Crippen LogP contribution in [0.2, 0.25) is 0 Å². The number of likely N-dealkylation sites (N-methyl/N-ethyl adjacent to an activating group) is 1. The quantitative estimate of drug-likeness (QED) is 0.536. The maximum absolute atomic E-state index is 13.2. The molecule has 30 heavy (non-hydrogen) atoms. The number of methoxy groups -OCH3 is 1. The second-order valence-corrected chi connectivity index (χ2v) is 7.16. The van der Waals surface area contributed by atoms with Gasteiger partial charge >= 0.3 is 0 Å². The summed E-state index contributed by atoms with van der Waals surface area (Å²) in [6, 6.07) is 17.8. The Kier molecular flexibility index (Phi) is 6.78. The highest BCUT2D eigenvalue weighted by Crippen LogP contribution is 2.42. The molecular weight excluding hydrogens is 374 g/mol. The molecule has 156 valence electrons. The van der Waals surface area contributed by atoms with Crippen LogP contribution in [0.4, 0.5) is 0 Å². The number of ether oxygens (including phenoxy) is 1. The summed E-state index contributed by atoms with van der Waals surface area (Å²) in [5, 5.41) is 12.6. The zero-order chi connectivity index (χ0) is 21.7. The fourth-order valence-electron chi connectivity index (χ4n) is 3.92. The van der Waals surface area contributed by atoms with Gasteiger partial charge in [-0.1, -0.05) is 54.6 Å². The van der Waals surface area contributed by atoms with Crippen molar-refractivity contribution >= 4 is 22.3 Å². The van der Waals surface area contributed by atoms with E-state index in [4.69, 9.17) is 4.74 Å². The molecule has 0 spiro atoms. The summed E-state index contributed by atoms with van der Waals surface area (Å²) in [6.07, 6.45) is 2.52. The number of fused-ring (bicyclic) bond motifs is 1. The third-order valence-electron chi connectivity index (χ3n) is 5.50. The molecule has 0 atom stereocenters. The van der Waals surface area contributed by atoms with E-state index >= 15 is 0 Å². The summed E-state index contributed by atoms with van der Waals surface area (Å²) >= 11 is 0. The van der Waals surface area contributed by atoms with Crippen molar-refractivity contribution in [2.45, 2.75) is 27.2 Å². The minimum Gasteiger partial charge on any atom is -0.504 e. The first kappa shape index (κ1) is 21.4. The highest BCUT2D eigenvalue weighted by molar-refractivity contribution is 6.23. The summed E-state index contributed by atoms with van der Waals surface area (Å²) in [5.41, 5.74) is 3.52. The van der Waals surface area contributed by atoms with Gasteiger partial charge in [0.05, 0.1) is 7.11 Å². The zero-order valence-corrected chi connectivity index (χ0v) is 18.1. The predicted molar refractivity (Wildman–Crippen MR) is 123 cm³/mol. The van der Waals surface area contributed by atoms with Gasteiger partial charge in [0.15, 0.2) is 11.5 Å². The van der Waals surface area contributed by atoms with Gasteiger partial charge in [-0.05, 0) is 55.3 Å². The number of aromatic hydroxyl groups is 1. The predicted octanol–water partition coefficient (Wildman–Crippen LogP) is 5.42. The van der Waals surface area contributed by atoms with Gasteiger partial charge in [-0.15, -0.1) is 0 Å². The van der Waals surface area contributed by atoms with Crippen molar-refractivity contribution in [3.05, 3.63) is 77.4 Å². The molecule has 0 radical (unpaired) electrons. The molecule has 1 N–H and O–H groups in total. The second kappa shape index (κ2) is 9.49. The Morgan fingerprint density at radius 2 is 1.77 bits per heavy atom. The van der Waals surface area contributed by atoms with Crippen LogP contribution in [-0.4, -0.2) is 36.1 Å². The molecule has 0 aliphatic heterocycles. The van der Waals surface area contributed by atoms with Crippen LogP contribution in [-0.2, 0) is 11.2 Å². The largest absolute Gasteiger partial charge is 0.504 e. The van der Waals surface area contributed by atoms with E-state index in [-0.39, 0.29) is 11.7 Å². The number of carbonyl (C=O) groups excluding carboxylic acids is 1. The van der Waals surface area contributed by atoms with Gasteiger partial charge in [0.25, 0.3) is 5.91 Å². The first-order valence-electron chi connectivity index (χ1n) is 10.4. The number of benzene rings is 3. The molecule has 3 aromatic rings. The Hall–Kier alpha value is -3.27. The van der Waals surface area contributed by atoms with Gasteiger partial charge in [-0.3, -0.25) is 4.79 Å². The summed E-state index contributed by atoms with van der Waals surface area (Å²) in [6.45, 7) is 7.10. The maximum Gasteiger partial charge on any atom is 0.254 e. The van der Waals surface area contributed by atoms with E-state index in [1.54, 1.807) is 11.0 Å². The molecule has 0 heterocycles. The smallest absolute Gasteiger partial charge is 0.254 e. The highest BCUT2D eigenvalue weighted by atomic mass is 16.5. The number of hydrogen-bond donors (Lipinski definition) is 1. The average Bonchev–Trinajstić information content (AvgIpc) is 2.77. The third kappa shape index (κ3) is 4.04. The van der Waals surface area contributed by atoms with E-state index in [2.05, 4.69) is 12.1 Å². The standard InChI is InChI=1S/C26H29NO3/c1-5-20(26(29)27(6-2)7-3)22-17-23(30-4)25(28)24-19(14-11-15-21(22)24)16-18-12-9-8-10-13-18/h5,8-15,17,28H,6-7,16H2,1-4H3. The Labute approximate surface area is 178 Å². The summed E-state index contributed by atoms with van der Waals surface area (Å²) < 4.78 is 5.48. The van der Waals surface area contributed by atoms with Crippen molar-refractivity contribution in [3.63, 3.8) is 0 Å². The van der Waals surface area contributed by atoms with E-state index in [0.29, 0.717) is 30.8 Å². The summed E-state index contributed by atoms with van der Waals surface area (Å²) in [5.74, 6) is 0.447. The van der Waals surface area contributed by atoms with Crippen molar-refractivity contribution in [3.8, 4) is 11.5 Å². The van der Waals surface area contributed by atoms with Crippen LogP contribution >= 0.6 is 0 Å². The van der Waals surface area contributed by atoms with Crippen LogP contribution in [0.1, 0.15) is 37.5 Å². The number of carbonyl (C=O) groups is 1. The van der Waals surface area contributed by atoms with Crippen LogP contribution in [0.5, 0.6) is 11.5 Å². The number of rotatable bonds is 7. The number of hydrogen-bond acceptors (Lipinski definition) is 3. The van der Waals surface area contributed by atoms with Crippen molar-refractivity contribution in [1.82, 2.24) is 4.90 Å². The summed E-state index contributed by atoms with van der Waals surface area (Å²) in [4.78, 5) is 15.0. The lowest BCUT2D eigenvalue weighted by atomic mass is 9.91. The van der Waals surface area contributed by atoms with Gasteiger partial charge < -0.3 is 14.7 Å². The Morgan fingerprint density at radius 1 is 1.07 bits per heavy atom. The SMILES string of the molecule is CC=C(C(=O)N(CC)CC)c1cc(OC)c(O)c2c(Cc3ccccc3)cccc12. The molecule has 0 fully saturated rings. The van der Waals surface area contributed by atoms with E-state index < -0.39 is 0 Å². The number of allylic oxidation sites excluding steroid dienone is 1. The first-order valence-corrected chi connectivity index (χ1v) is 10.4. The monoisotopic (exact) mass is 403 g/mol. The van der Waals surface area contributed by atoms with Gasteiger partial charge in [-0.2, -0.15) is 0 Å². The van der Waals surface area contributed by atoms with Crippen LogP contribution in [0, 0.1) is 0 Å². The number of phenols is 1. The molecule has 0 aliphatic rings. The van der Waals surface area contributed by atoms with Crippen molar-refractivity contribution in [2.75, 3.05) is 20.2 Å². The fraction of sp³-hybridized carbons (Fsp3) is 0.269. The minimum absolute atomic E-state index is 0.0231. The van der Waals surface area contributed by atoms with Crippen molar-refractivity contribution in [2.24, 2.45) is 0 Å². The van der Waals surface area contributed by atoms with E-state index in [0.717, 1.165) is 27.5 Å². The Morgan fingerprint density at radius 3 is 2.37 bits per heavy atom. The molecule has 0 aromatic heterocycles. The lowest BCUT2D eigenvalue weighted by Crippen LogP contribution is -2.31. The molecule has 0 aliphatic carbocycles. The van der Waals surface area contributed by atoms with Crippen molar-refractivity contribution < 1.29 is 14.6 Å². The molecule has 1 amide bonds. The lowest BCUT2D eigenvalue weighted by molar-refractivity contribution is -0.124. The maximum atomic E-state index is 13.2. The molecule has 3 aromatic carbocycles. The normalized spacial score (nSPS) is 11.5. The molecule has 0 bridgehead atoms. The summed E-state index contributed by atoms with van der Waals surface area (Å²) in [7, 11) is 1.53. The van der Waals surface area contributed by atoms with Gasteiger partial charge in [0, 0.05) is 24.0 Å².